The molecule has 0 aromatic heterocycles. The monoisotopic (exact) mass is 201 g/mol. The molecule has 0 aromatic carbocycles. The van der Waals surface area contributed by atoms with Crippen molar-refractivity contribution in [1.82, 2.24) is 0 Å². The molecule has 0 saturated heterocycles. The first-order valence-electron chi connectivity index (χ1n) is 2.27. The maximum absolute atomic E-state index is 10.6. The fraction of sp³-hybridized carbons (Fsp3) is 0.667. The third-order valence-corrected chi connectivity index (χ3v) is 2.45. The van der Waals surface area contributed by atoms with Crippen LogP contribution in [0.4, 0.5) is 0 Å². The maximum Gasteiger partial charge on any atom is 0.263 e. The Bertz CT molecular complexity index is 221. The van der Waals surface area contributed by atoms with Gasteiger partial charge in [0.1, 0.15) is 0 Å². The van der Waals surface area contributed by atoms with Crippen LogP contribution in [0.15, 0.2) is 0 Å². The first-order valence-corrected chi connectivity index (χ1v) is 5.34. The summed E-state index contributed by atoms with van der Waals surface area (Å²) in [5.74, 6) is 0.0209. The molecule has 3 N–H and O–H groups in total. The van der Waals surface area contributed by atoms with E-state index in [-0.39, 0.29) is 5.75 Å². The minimum absolute atomic E-state index is 0.0209. The Morgan fingerprint density at radius 1 is 1.90 bits per heavy atom. The fourth-order valence-electron chi connectivity index (χ4n) is 0.266. The number of thiol groups is 1. The highest BCUT2D eigenvalue weighted by Crippen LogP contribution is 1.93. The number of hydrogen-bond donors (Lipinski definition) is 3. The van der Waals surface area contributed by atoms with Gasteiger partial charge in [-0.3, -0.25) is 9.35 Å². The standard InChI is InChI=1S/C3H7NO3S3/c4-2(1-8)3(5)10(6,7)9/h2,8H,1,4H2,(H,6,7,9)/t2-/m0/s1. The van der Waals surface area contributed by atoms with Gasteiger partial charge in [0.15, 0.2) is 0 Å². The molecule has 0 spiro atoms. The van der Waals surface area contributed by atoms with E-state index >= 15 is 0 Å². The SMILES string of the molecule is N[C@@H](CS)C(=O)S(=O)(O)=S. The molecule has 0 radical (unpaired) electrons. The molecule has 0 aliphatic rings. The van der Waals surface area contributed by atoms with E-state index < -0.39 is 19.9 Å². The summed E-state index contributed by atoms with van der Waals surface area (Å²) in [6, 6.07) is -1.04. The average molecular weight is 201 g/mol. The molecular formula is C3H7NO3S3. The summed E-state index contributed by atoms with van der Waals surface area (Å²) in [5.41, 5.74) is 5.07. The fourth-order valence-corrected chi connectivity index (χ4v) is 1.39. The van der Waals surface area contributed by atoms with Crippen molar-refractivity contribution in [1.29, 1.82) is 0 Å². The van der Waals surface area contributed by atoms with E-state index in [1.54, 1.807) is 0 Å². The molecular weight excluding hydrogens is 194 g/mol. The number of nitrogens with two attached hydrogens (primary N) is 1. The highest BCUT2D eigenvalue weighted by molar-refractivity contribution is 8.38. The molecule has 0 fully saturated rings. The summed E-state index contributed by atoms with van der Waals surface area (Å²) in [4.78, 5) is 10.6. The average Bonchev–Trinajstić information content (AvgIpc) is 1.83. The number of hydrogen-bond acceptors (Lipinski definition) is 5. The van der Waals surface area contributed by atoms with Crippen molar-refractivity contribution >= 4 is 37.7 Å². The van der Waals surface area contributed by atoms with Crippen molar-refractivity contribution in [2.24, 2.45) is 5.73 Å². The number of rotatable bonds is 2. The summed E-state index contributed by atoms with van der Waals surface area (Å²) in [5, 5.41) is -1.03. The molecule has 0 heterocycles. The minimum Gasteiger partial charge on any atom is -0.320 e. The van der Waals surface area contributed by atoms with Gasteiger partial charge in [-0.15, -0.1) is 0 Å². The van der Waals surface area contributed by atoms with Crippen LogP contribution < -0.4 is 5.73 Å². The quantitative estimate of drug-likeness (QED) is 0.499. The Morgan fingerprint density at radius 3 is 2.40 bits per heavy atom. The van der Waals surface area contributed by atoms with Crippen molar-refractivity contribution in [2.75, 3.05) is 5.75 Å². The summed E-state index contributed by atoms with van der Waals surface area (Å²) in [7, 11) is -3.79. The first-order chi connectivity index (χ1) is 4.39. The van der Waals surface area contributed by atoms with Gasteiger partial charge in [-0.05, 0) is 0 Å². The zero-order valence-corrected chi connectivity index (χ0v) is 7.42. The second-order valence-electron chi connectivity index (χ2n) is 1.58. The van der Waals surface area contributed by atoms with E-state index in [1.807, 2.05) is 0 Å². The molecule has 0 aliphatic carbocycles. The van der Waals surface area contributed by atoms with Crippen LogP contribution in [0.25, 0.3) is 0 Å². The van der Waals surface area contributed by atoms with Crippen LogP contribution >= 0.6 is 12.6 Å². The maximum atomic E-state index is 10.6. The molecule has 0 aliphatic heterocycles. The zero-order chi connectivity index (χ0) is 8.36. The van der Waals surface area contributed by atoms with Crippen LogP contribution in [0.5, 0.6) is 0 Å². The first kappa shape index (κ1) is 10.3. The lowest BCUT2D eigenvalue weighted by atomic mass is 10.4. The second kappa shape index (κ2) is 3.63. The topological polar surface area (TPSA) is 80.4 Å². The third kappa shape index (κ3) is 2.93. The van der Waals surface area contributed by atoms with Gasteiger partial charge in [0.05, 0.1) is 6.04 Å². The number of carbonyl (C=O) groups excluding carboxylic acids is 1. The van der Waals surface area contributed by atoms with Crippen molar-refractivity contribution in [2.45, 2.75) is 6.04 Å². The Morgan fingerprint density at radius 2 is 2.30 bits per heavy atom. The van der Waals surface area contributed by atoms with Crippen LogP contribution in [0.1, 0.15) is 0 Å². The van der Waals surface area contributed by atoms with Crippen LogP contribution in [-0.2, 0) is 24.8 Å². The molecule has 0 bridgehead atoms. The van der Waals surface area contributed by atoms with E-state index in [9.17, 15) is 9.00 Å². The summed E-state index contributed by atoms with van der Waals surface area (Å²) in [6.45, 7) is 0. The zero-order valence-electron chi connectivity index (χ0n) is 4.89. The number of carbonyl (C=O) groups is 1. The Balaban J connectivity index is 4.40. The highest BCUT2D eigenvalue weighted by Gasteiger charge is 2.20. The van der Waals surface area contributed by atoms with Crippen LogP contribution in [0.3, 0.4) is 0 Å². The van der Waals surface area contributed by atoms with Gasteiger partial charge >= 0.3 is 0 Å². The smallest absolute Gasteiger partial charge is 0.263 e. The van der Waals surface area contributed by atoms with Crippen molar-refractivity contribution in [3.05, 3.63) is 0 Å². The van der Waals surface area contributed by atoms with Crippen molar-refractivity contribution in [3.63, 3.8) is 0 Å². The molecule has 0 aromatic rings. The van der Waals surface area contributed by atoms with Gasteiger partial charge in [0, 0.05) is 16.9 Å². The van der Waals surface area contributed by atoms with E-state index in [0.717, 1.165) is 0 Å². The summed E-state index contributed by atoms with van der Waals surface area (Å²) in [6.07, 6.45) is 0. The van der Waals surface area contributed by atoms with E-state index in [4.69, 9.17) is 10.3 Å². The molecule has 0 rings (SSSR count). The molecule has 1 unspecified atom stereocenters. The van der Waals surface area contributed by atoms with Gasteiger partial charge in [-0.2, -0.15) is 12.6 Å². The second-order valence-corrected chi connectivity index (χ2v) is 4.66. The third-order valence-electron chi connectivity index (χ3n) is 0.754. The predicted octanol–water partition coefficient (Wildman–Crippen LogP) is -1.01. The Hall–Kier alpha value is 0.310. The molecule has 2 atom stereocenters. The highest BCUT2D eigenvalue weighted by atomic mass is 32.8. The van der Waals surface area contributed by atoms with Crippen LogP contribution in [0, 0.1) is 0 Å². The lowest BCUT2D eigenvalue weighted by molar-refractivity contribution is -0.112. The molecule has 0 saturated carbocycles. The van der Waals surface area contributed by atoms with Gasteiger partial charge in [-0.1, -0.05) is 0 Å². The summed E-state index contributed by atoms with van der Waals surface area (Å²) < 4.78 is 18.9. The van der Waals surface area contributed by atoms with Crippen LogP contribution in [-0.4, -0.2) is 25.7 Å². The van der Waals surface area contributed by atoms with Crippen molar-refractivity contribution < 1.29 is 13.6 Å². The normalized spacial score (nSPS) is 19.5. The molecule has 0 amide bonds. The summed E-state index contributed by atoms with van der Waals surface area (Å²) >= 11 is 7.63. The Kier molecular flexibility index (Phi) is 3.74. The van der Waals surface area contributed by atoms with Gasteiger partial charge in [-0.25, -0.2) is 4.21 Å². The lowest BCUT2D eigenvalue weighted by Crippen LogP contribution is -2.36. The molecule has 10 heavy (non-hydrogen) atoms. The van der Waals surface area contributed by atoms with E-state index in [2.05, 4.69) is 23.8 Å². The molecule has 60 valence electrons. The lowest BCUT2D eigenvalue weighted by Gasteiger charge is -2.03. The molecule has 7 heteroatoms. The van der Waals surface area contributed by atoms with E-state index in [0.29, 0.717) is 0 Å². The molecule has 4 nitrogen and oxygen atoms in total. The minimum atomic E-state index is -3.79. The van der Waals surface area contributed by atoms with Crippen molar-refractivity contribution in [3.8, 4) is 0 Å². The predicted molar refractivity (Wildman–Crippen MR) is 45.0 cm³/mol. The van der Waals surface area contributed by atoms with Crippen LogP contribution in [0.2, 0.25) is 0 Å². The Labute approximate surface area is 69.1 Å². The van der Waals surface area contributed by atoms with E-state index in [1.165, 1.54) is 0 Å². The largest absolute Gasteiger partial charge is 0.320 e. The van der Waals surface area contributed by atoms with Gasteiger partial charge in [0.2, 0.25) is 8.77 Å². The van der Waals surface area contributed by atoms with Gasteiger partial charge in [0.25, 0.3) is 5.12 Å². The van der Waals surface area contributed by atoms with Gasteiger partial charge < -0.3 is 5.73 Å².